The molecule has 3 nitrogen and oxygen atoms in total. The van der Waals surface area contributed by atoms with E-state index in [1.807, 2.05) is 13.2 Å². The maximum atomic E-state index is 5.83. The van der Waals surface area contributed by atoms with Crippen LogP contribution in [0.4, 0.5) is 0 Å². The average molecular weight is 480 g/mol. The Bertz CT molecular complexity index is 1360. The van der Waals surface area contributed by atoms with Gasteiger partial charge >= 0.3 is 0 Å². The zero-order chi connectivity index (χ0) is 24.4. The van der Waals surface area contributed by atoms with Gasteiger partial charge in [0.2, 0.25) is 0 Å². The van der Waals surface area contributed by atoms with Crippen LogP contribution < -0.4 is 11.1 Å². The summed E-state index contributed by atoms with van der Waals surface area (Å²) >= 11 is 4.72. The predicted molar refractivity (Wildman–Crippen MR) is 149 cm³/mol. The van der Waals surface area contributed by atoms with Crippen LogP contribution in [0.5, 0.6) is 0 Å². The van der Waals surface area contributed by atoms with Crippen molar-refractivity contribution in [2.45, 2.75) is 50.1 Å². The number of aromatic nitrogens is 1. The smallest absolute Gasteiger partial charge is 0.0412 e. The van der Waals surface area contributed by atoms with Gasteiger partial charge in [0.05, 0.1) is 0 Å². The Kier molecular flexibility index (Phi) is 7.05. The van der Waals surface area contributed by atoms with Crippen LogP contribution in [-0.4, -0.2) is 12.0 Å². The fourth-order valence-electron chi connectivity index (χ4n) is 5.39. The summed E-state index contributed by atoms with van der Waals surface area (Å²) in [5.74, 6) is 0.509. The van der Waals surface area contributed by atoms with E-state index in [1.165, 1.54) is 50.9 Å². The zero-order valence-corrected chi connectivity index (χ0v) is 21.4. The quantitative estimate of drug-likeness (QED) is 0.267. The lowest BCUT2D eigenvalue weighted by Crippen LogP contribution is -2.05. The van der Waals surface area contributed by atoms with Gasteiger partial charge < -0.3 is 11.1 Å². The maximum Gasteiger partial charge on any atom is 0.0412 e. The summed E-state index contributed by atoms with van der Waals surface area (Å²) in [6.45, 7) is 3.50. The number of pyridine rings is 1. The molecule has 1 aliphatic carbocycles. The van der Waals surface area contributed by atoms with Gasteiger partial charge in [-0.2, -0.15) is 0 Å². The summed E-state index contributed by atoms with van der Waals surface area (Å²) < 4.78 is 0. The van der Waals surface area contributed by atoms with Crippen LogP contribution in [0.1, 0.15) is 45.8 Å². The molecule has 0 fully saturated rings. The van der Waals surface area contributed by atoms with Crippen molar-refractivity contribution in [2.24, 2.45) is 5.73 Å². The van der Waals surface area contributed by atoms with Crippen LogP contribution in [0.25, 0.3) is 22.3 Å². The van der Waals surface area contributed by atoms with E-state index in [4.69, 9.17) is 23.3 Å². The van der Waals surface area contributed by atoms with Crippen LogP contribution in [0.2, 0.25) is 0 Å². The third-order valence-corrected chi connectivity index (χ3v) is 7.72. The molecule has 3 aromatic carbocycles. The van der Waals surface area contributed by atoms with Crippen molar-refractivity contribution in [1.82, 2.24) is 10.3 Å². The predicted octanol–water partition coefficient (Wildman–Crippen LogP) is 6.46. The van der Waals surface area contributed by atoms with Crippen molar-refractivity contribution in [3.8, 4) is 22.3 Å². The molecule has 1 atom stereocenters. The van der Waals surface area contributed by atoms with E-state index in [9.17, 15) is 0 Å². The first-order valence-electron chi connectivity index (χ1n) is 12.4. The van der Waals surface area contributed by atoms with Crippen LogP contribution in [0.15, 0.2) is 77.8 Å². The van der Waals surface area contributed by atoms with E-state index < -0.39 is 0 Å². The van der Waals surface area contributed by atoms with E-state index >= 15 is 0 Å². The van der Waals surface area contributed by atoms with E-state index in [2.05, 4.69) is 79.0 Å². The van der Waals surface area contributed by atoms with Crippen molar-refractivity contribution >= 4 is 12.6 Å². The first kappa shape index (κ1) is 23.8. The Hall–Kier alpha value is -2.92. The molecule has 35 heavy (non-hydrogen) atoms. The number of fused-ring (bicyclic) bond motifs is 1. The van der Waals surface area contributed by atoms with Crippen molar-refractivity contribution in [1.29, 1.82) is 0 Å². The Morgan fingerprint density at radius 2 is 1.77 bits per heavy atom. The molecule has 5 rings (SSSR count). The minimum atomic E-state index is 0.509. The molecule has 0 spiro atoms. The van der Waals surface area contributed by atoms with Gasteiger partial charge in [0.25, 0.3) is 0 Å². The second-order valence-corrected chi connectivity index (χ2v) is 10.1. The zero-order valence-electron chi connectivity index (χ0n) is 20.5. The van der Waals surface area contributed by atoms with Gasteiger partial charge in [-0.25, -0.2) is 0 Å². The molecule has 178 valence electrons. The molecule has 0 amide bonds. The summed E-state index contributed by atoms with van der Waals surface area (Å²) in [6.07, 6.45) is 5.21. The molecule has 0 saturated heterocycles. The minimum Gasteiger partial charge on any atom is -0.326 e. The molecule has 1 aliphatic rings. The number of aryl methyl sites for hydroxylation is 1. The monoisotopic (exact) mass is 479 g/mol. The molecular formula is C31H33N3S. The van der Waals surface area contributed by atoms with Gasteiger partial charge in [-0.1, -0.05) is 48.5 Å². The van der Waals surface area contributed by atoms with Crippen LogP contribution >= 0.6 is 12.6 Å². The van der Waals surface area contributed by atoms with Gasteiger partial charge in [-0.3, -0.25) is 4.98 Å². The molecule has 0 aliphatic heterocycles. The van der Waals surface area contributed by atoms with Gasteiger partial charge in [-0.05, 0) is 107 Å². The SMILES string of the molecule is CNCc1ccc(-c2cccc(-c3cccc4c3CCC4Cc3cc(C)c(CN)cn3)c2)cc1S. The van der Waals surface area contributed by atoms with Gasteiger partial charge in [0, 0.05) is 29.9 Å². The normalized spacial score (nSPS) is 14.8. The summed E-state index contributed by atoms with van der Waals surface area (Å²) in [5, 5.41) is 3.21. The van der Waals surface area contributed by atoms with Gasteiger partial charge in [-0.15, -0.1) is 12.6 Å². The lowest BCUT2D eigenvalue weighted by molar-refractivity contribution is 0.662. The fourth-order valence-corrected chi connectivity index (χ4v) is 5.69. The molecule has 0 radical (unpaired) electrons. The summed E-state index contributed by atoms with van der Waals surface area (Å²) in [6, 6.07) is 24.5. The van der Waals surface area contributed by atoms with Crippen molar-refractivity contribution in [3.63, 3.8) is 0 Å². The van der Waals surface area contributed by atoms with Crippen LogP contribution in [0, 0.1) is 6.92 Å². The third kappa shape index (κ3) is 4.92. The highest BCUT2D eigenvalue weighted by Crippen LogP contribution is 2.41. The molecule has 0 bridgehead atoms. The summed E-state index contributed by atoms with van der Waals surface area (Å²) in [4.78, 5) is 5.73. The summed E-state index contributed by atoms with van der Waals surface area (Å²) in [7, 11) is 1.96. The van der Waals surface area contributed by atoms with Crippen LogP contribution in [0.3, 0.4) is 0 Å². The van der Waals surface area contributed by atoms with E-state index in [0.29, 0.717) is 12.5 Å². The van der Waals surface area contributed by atoms with E-state index in [-0.39, 0.29) is 0 Å². The van der Waals surface area contributed by atoms with Crippen molar-refractivity contribution in [3.05, 3.63) is 106 Å². The Morgan fingerprint density at radius 1 is 0.971 bits per heavy atom. The average Bonchev–Trinajstić information content (AvgIpc) is 3.28. The van der Waals surface area contributed by atoms with E-state index in [1.54, 1.807) is 0 Å². The first-order chi connectivity index (χ1) is 17.1. The van der Waals surface area contributed by atoms with Crippen LogP contribution in [-0.2, 0) is 25.9 Å². The largest absolute Gasteiger partial charge is 0.326 e. The van der Waals surface area contributed by atoms with E-state index in [0.717, 1.165) is 35.5 Å². The summed E-state index contributed by atoms with van der Waals surface area (Å²) in [5.41, 5.74) is 18.6. The number of thiol groups is 1. The second kappa shape index (κ2) is 10.4. The number of nitrogens with two attached hydrogens (primary N) is 1. The molecule has 1 heterocycles. The molecular weight excluding hydrogens is 446 g/mol. The topological polar surface area (TPSA) is 50.9 Å². The van der Waals surface area contributed by atoms with Gasteiger partial charge in [0.15, 0.2) is 0 Å². The number of nitrogens with one attached hydrogen (secondary N) is 1. The Labute approximate surface area is 214 Å². The minimum absolute atomic E-state index is 0.509. The molecule has 1 unspecified atom stereocenters. The molecule has 4 heteroatoms. The number of benzene rings is 3. The molecule has 0 saturated carbocycles. The standard InChI is InChI=1S/C31H33N3S/c1-20-13-27(34-19-26(20)17-32)15-24-11-12-30-28(7-4-8-29(24)30)23-6-3-5-21(14-23)22-9-10-25(18-33-2)31(35)16-22/h3-10,13-14,16,19,24,33,35H,11-12,15,17-18,32H2,1-2H3. The third-order valence-electron chi connectivity index (χ3n) is 7.31. The Morgan fingerprint density at radius 3 is 2.54 bits per heavy atom. The highest BCUT2D eigenvalue weighted by Gasteiger charge is 2.25. The maximum absolute atomic E-state index is 5.83. The second-order valence-electron chi connectivity index (χ2n) is 9.57. The number of nitrogens with zero attached hydrogens (tertiary/aromatic N) is 1. The highest BCUT2D eigenvalue weighted by molar-refractivity contribution is 7.80. The lowest BCUT2D eigenvalue weighted by atomic mass is 9.91. The molecule has 1 aromatic heterocycles. The number of rotatable bonds is 7. The van der Waals surface area contributed by atoms with Gasteiger partial charge in [0.1, 0.15) is 0 Å². The molecule has 3 N–H and O–H groups in total. The number of hydrogen-bond donors (Lipinski definition) is 3. The Balaban J connectivity index is 1.43. The van der Waals surface area contributed by atoms with Crippen molar-refractivity contribution in [2.75, 3.05) is 7.05 Å². The molecule has 4 aromatic rings. The number of hydrogen-bond acceptors (Lipinski definition) is 4. The lowest BCUT2D eigenvalue weighted by Gasteiger charge is -2.15. The first-order valence-corrected chi connectivity index (χ1v) is 12.9. The fraction of sp³-hybridized carbons (Fsp3) is 0.258. The van der Waals surface area contributed by atoms with Crippen molar-refractivity contribution < 1.29 is 0 Å². The highest BCUT2D eigenvalue weighted by atomic mass is 32.1.